The fraction of sp³-hybridized carbons (Fsp3) is 0.417. The lowest BCUT2D eigenvalue weighted by atomic mass is 10.1. The lowest BCUT2D eigenvalue weighted by Crippen LogP contribution is -2.32. The number of carbonyl (C=O) groups excluding carboxylic acids is 1. The summed E-state index contributed by atoms with van der Waals surface area (Å²) in [5, 5.41) is 3.12. The molecule has 0 aromatic heterocycles. The molecule has 0 saturated heterocycles. The van der Waals surface area contributed by atoms with Crippen molar-refractivity contribution >= 4 is 5.91 Å². The largest absolute Gasteiger partial charge is 0.370 e. The van der Waals surface area contributed by atoms with Crippen molar-refractivity contribution in [3.05, 3.63) is 35.6 Å². The standard InChI is InChI=1S/C12H17FN2O/c1-9(8-12(14)16)15-7-6-10-4-2-3-5-11(10)13/h2-5,9,15H,6-8H2,1H3,(H2,14,16). The van der Waals surface area contributed by atoms with Crippen molar-refractivity contribution < 1.29 is 9.18 Å². The Kier molecular flexibility index (Phi) is 4.92. The topological polar surface area (TPSA) is 55.1 Å². The number of amides is 1. The van der Waals surface area contributed by atoms with E-state index in [-0.39, 0.29) is 17.8 Å². The number of hydrogen-bond acceptors (Lipinski definition) is 2. The molecule has 3 nitrogen and oxygen atoms in total. The summed E-state index contributed by atoms with van der Waals surface area (Å²) in [6.07, 6.45) is 0.910. The first kappa shape index (κ1) is 12.6. The molecule has 1 atom stereocenters. The van der Waals surface area contributed by atoms with Gasteiger partial charge in [-0.05, 0) is 31.5 Å². The minimum Gasteiger partial charge on any atom is -0.370 e. The molecule has 4 heteroatoms. The summed E-state index contributed by atoms with van der Waals surface area (Å²) in [7, 11) is 0. The molecule has 0 spiro atoms. The summed E-state index contributed by atoms with van der Waals surface area (Å²) >= 11 is 0. The van der Waals surface area contributed by atoms with Gasteiger partial charge in [0.2, 0.25) is 5.91 Å². The zero-order valence-electron chi connectivity index (χ0n) is 9.37. The predicted molar refractivity (Wildman–Crippen MR) is 61.4 cm³/mol. The van der Waals surface area contributed by atoms with Gasteiger partial charge in [0, 0.05) is 12.5 Å². The molecule has 1 amide bonds. The maximum Gasteiger partial charge on any atom is 0.218 e. The number of nitrogens with one attached hydrogen (secondary N) is 1. The number of primary amides is 1. The van der Waals surface area contributed by atoms with E-state index in [1.165, 1.54) is 6.07 Å². The molecule has 0 bridgehead atoms. The first-order valence-corrected chi connectivity index (χ1v) is 5.34. The minimum atomic E-state index is -0.328. The second-order valence-corrected chi connectivity index (χ2v) is 3.87. The lowest BCUT2D eigenvalue weighted by Gasteiger charge is -2.11. The van der Waals surface area contributed by atoms with Gasteiger partial charge in [0.1, 0.15) is 5.82 Å². The Morgan fingerprint density at radius 3 is 2.81 bits per heavy atom. The van der Waals surface area contributed by atoms with Crippen molar-refractivity contribution in [1.82, 2.24) is 5.32 Å². The van der Waals surface area contributed by atoms with Gasteiger partial charge in [-0.3, -0.25) is 4.79 Å². The highest BCUT2D eigenvalue weighted by Crippen LogP contribution is 2.06. The Balaban J connectivity index is 2.30. The summed E-state index contributed by atoms with van der Waals surface area (Å²) in [6, 6.07) is 6.72. The van der Waals surface area contributed by atoms with Crippen molar-refractivity contribution in [3.8, 4) is 0 Å². The number of hydrogen-bond donors (Lipinski definition) is 2. The third-order valence-corrected chi connectivity index (χ3v) is 2.35. The van der Waals surface area contributed by atoms with Crippen molar-refractivity contribution in [2.24, 2.45) is 5.73 Å². The molecular formula is C12H17FN2O. The van der Waals surface area contributed by atoms with Crippen LogP contribution < -0.4 is 11.1 Å². The van der Waals surface area contributed by atoms with E-state index in [4.69, 9.17) is 5.73 Å². The number of rotatable bonds is 6. The highest BCUT2D eigenvalue weighted by Gasteiger charge is 2.05. The fourth-order valence-electron chi connectivity index (χ4n) is 1.53. The summed E-state index contributed by atoms with van der Waals surface area (Å²) in [4.78, 5) is 10.6. The Bertz CT molecular complexity index is 355. The van der Waals surface area contributed by atoms with E-state index in [0.29, 0.717) is 24.9 Å². The number of benzene rings is 1. The molecule has 88 valence electrons. The van der Waals surface area contributed by atoms with Gasteiger partial charge >= 0.3 is 0 Å². The van der Waals surface area contributed by atoms with Crippen LogP contribution in [0.2, 0.25) is 0 Å². The minimum absolute atomic E-state index is 0.0317. The molecule has 0 fully saturated rings. The maximum absolute atomic E-state index is 13.2. The first-order valence-electron chi connectivity index (χ1n) is 5.34. The van der Waals surface area contributed by atoms with Crippen molar-refractivity contribution in [1.29, 1.82) is 0 Å². The predicted octanol–water partition coefficient (Wildman–Crippen LogP) is 1.22. The first-order chi connectivity index (χ1) is 7.59. The molecule has 0 aliphatic rings. The number of nitrogens with two attached hydrogens (primary N) is 1. The summed E-state index contributed by atoms with van der Waals surface area (Å²) < 4.78 is 13.2. The number of carbonyl (C=O) groups is 1. The summed E-state index contributed by atoms with van der Waals surface area (Å²) in [5.41, 5.74) is 5.74. The number of halogens is 1. The fourth-order valence-corrected chi connectivity index (χ4v) is 1.53. The van der Waals surface area contributed by atoms with Crippen LogP contribution >= 0.6 is 0 Å². The highest BCUT2D eigenvalue weighted by molar-refractivity contribution is 5.74. The molecule has 1 unspecified atom stereocenters. The maximum atomic E-state index is 13.2. The highest BCUT2D eigenvalue weighted by atomic mass is 19.1. The van der Waals surface area contributed by atoms with E-state index in [2.05, 4.69) is 5.32 Å². The van der Waals surface area contributed by atoms with Gasteiger partial charge in [0.05, 0.1) is 0 Å². The lowest BCUT2D eigenvalue weighted by molar-refractivity contribution is -0.118. The SMILES string of the molecule is CC(CC(N)=O)NCCc1ccccc1F. The van der Waals surface area contributed by atoms with Crippen LogP contribution in [0.4, 0.5) is 4.39 Å². The van der Waals surface area contributed by atoms with Gasteiger partial charge in [-0.1, -0.05) is 18.2 Å². The second-order valence-electron chi connectivity index (χ2n) is 3.87. The van der Waals surface area contributed by atoms with Crippen molar-refractivity contribution in [2.45, 2.75) is 25.8 Å². The zero-order chi connectivity index (χ0) is 12.0. The molecule has 1 aromatic carbocycles. The third kappa shape index (κ3) is 4.40. The van der Waals surface area contributed by atoms with Crippen LogP contribution in [-0.2, 0) is 11.2 Å². The van der Waals surface area contributed by atoms with Gasteiger partial charge in [0.25, 0.3) is 0 Å². The zero-order valence-corrected chi connectivity index (χ0v) is 9.37. The quantitative estimate of drug-likeness (QED) is 0.763. The Morgan fingerprint density at radius 2 is 2.19 bits per heavy atom. The molecular weight excluding hydrogens is 207 g/mol. The average molecular weight is 224 g/mol. The van der Waals surface area contributed by atoms with E-state index < -0.39 is 0 Å². The van der Waals surface area contributed by atoms with E-state index in [0.717, 1.165) is 0 Å². The van der Waals surface area contributed by atoms with Crippen LogP contribution in [0, 0.1) is 5.82 Å². The molecule has 16 heavy (non-hydrogen) atoms. The van der Waals surface area contributed by atoms with Crippen molar-refractivity contribution in [2.75, 3.05) is 6.54 Å². The molecule has 0 aliphatic carbocycles. The van der Waals surface area contributed by atoms with Gasteiger partial charge in [0.15, 0.2) is 0 Å². The van der Waals surface area contributed by atoms with Crippen LogP contribution in [0.15, 0.2) is 24.3 Å². The van der Waals surface area contributed by atoms with Crippen LogP contribution in [0.3, 0.4) is 0 Å². The Labute approximate surface area is 94.8 Å². The van der Waals surface area contributed by atoms with Crippen LogP contribution in [0.1, 0.15) is 18.9 Å². The van der Waals surface area contributed by atoms with Crippen LogP contribution in [-0.4, -0.2) is 18.5 Å². The second kappa shape index (κ2) is 6.23. The summed E-state index contributed by atoms with van der Waals surface area (Å²) in [6.45, 7) is 2.52. The van der Waals surface area contributed by atoms with Crippen LogP contribution in [0.5, 0.6) is 0 Å². The molecule has 0 radical (unpaired) electrons. The molecule has 0 saturated carbocycles. The van der Waals surface area contributed by atoms with E-state index in [9.17, 15) is 9.18 Å². The monoisotopic (exact) mass is 224 g/mol. The third-order valence-electron chi connectivity index (χ3n) is 2.35. The van der Waals surface area contributed by atoms with E-state index in [1.54, 1.807) is 12.1 Å². The van der Waals surface area contributed by atoms with Gasteiger partial charge in [-0.25, -0.2) is 4.39 Å². The average Bonchev–Trinajstić information content (AvgIpc) is 2.19. The van der Waals surface area contributed by atoms with E-state index in [1.807, 2.05) is 13.0 Å². The van der Waals surface area contributed by atoms with Gasteiger partial charge in [-0.15, -0.1) is 0 Å². The normalized spacial score (nSPS) is 12.4. The molecule has 0 heterocycles. The van der Waals surface area contributed by atoms with Gasteiger partial charge in [-0.2, -0.15) is 0 Å². The molecule has 3 N–H and O–H groups in total. The van der Waals surface area contributed by atoms with Gasteiger partial charge < -0.3 is 11.1 Å². The molecule has 1 rings (SSSR count). The molecule has 1 aromatic rings. The Hall–Kier alpha value is -1.42. The molecule has 0 aliphatic heterocycles. The smallest absolute Gasteiger partial charge is 0.218 e. The Morgan fingerprint density at radius 1 is 1.50 bits per heavy atom. The van der Waals surface area contributed by atoms with Crippen LogP contribution in [0.25, 0.3) is 0 Å². The van der Waals surface area contributed by atoms with Crippen molar-refractivity contribution in [3.63, 3.8) is 0 Å². The van der Waals surface area contributed by atoms with E-state index >= 15 is 0 Å². The summed E-state index contributed by atoms with van der Waals surface area (Å²) in [5.74, 6) is -0.516.